The number of aryl methyl sites for hydroxylation is 2. The van der Waals surface area contributed by atoms with Crippen LogP contribution in [-0.2, 0) is 13.1 Å². The minimum absolute atomic E-state index is 0.753. The standard InChI is InChI=1S/C19H27N5S2/c1-14-18(26-15(2)23-14)13-22-19(20-3)21-12-16-4-6-17(7-5-16)24-8-10-25-11-9-24/h4-7H,8-13H2,1-3H3,(H2,20,21,22). The molecule has 1 aliphatic heterocycles. The fourth-order valence-electron chi connectivity index (χ4n) is 2.95. The number of thiazole rings is 1. The van der Waals surface area contributed by atoms with Gasteiger partial charge in [-0.25, -0.2) is 4.98 Å². The molecule has 26 heavy (non-hydrogen) atoms. The smallest absolute Gasteiger partial charge is 0.191 e. The molecule has 5 nitrogen and oxygen atoms in total. The Kier molecular flexibility index (Phi) is 6.80. The van der Waals surface area contributed by atoms with Crippen LogP contribution in [0.3, 0.4) is 0 Å². The summed E-state index contributed by atoms with van der Waals surface area (Å²) in [5.74, 6) is 3.27. The molecular weight excluding hydrogens is 362 g/mol. The second-order valence-electron chi connectivity index (χ2n) is 6.29. The molecule has 0 spiro atoms. The number of anilines is 1. The molecule has 0 atom stereocenters. The van der Waals surface area contributed by atoms with Crippen molar-refractivity contribution in [3.8, 4) is 0 Å². The fraction of sp³-hybridized carbons (Fsp3) is 0.474. The highest BCUT2D eigenvalue weighted by Crippen LogP contribution is 2.20. The maximum atomic E-state index is 4.47. The van der Waals surface area contributed by atoms with Crippen molar-refractivity contribution in [2.75, 3.05) is 36.5 Å². The largest absolute Gasteiger partial charge is 0.370 e. The zero-order valence-corrected chi connectivity index (χ0v) is 17.3. The Morgan fingerprint density at radius 3 is 2.42 bits per heavy atom. The molecule has 0 unspecified atom stereocenters. The summed E-state index contributed by atoms with van der Waals surface area (Å²) in [5, 5.41) is 7.87. The van der Waals surface area contributed by atoms with Crippen LogP contribution in [0.15, 0.2) is 29.3 Å². The Morgan fingerprint density at radius 1 is 1.12 bits per heavy atom. The van der Waals surface area contributed by atoms with Gasteiger partial charge in [0.25, 0.3) is 0 Å². The molecule has 0 aliphatic carbocycles. The highest BCUT2D eigenvalue weighted by Gasteiger charge is 2.11. The second-order valence-corrected chi connectivity index (χ2v) is 8.80. The van der Waals surface area contributed by atoms with E-state index in [0.717, 1.165) is 42.8 Å². The van der Waals surface area contributed by atoms with Gasteiger partial charge < -0.3 is 15.5 Å². The first-order chi connectivity index (χ1) is 12.7. The Hall–Kier alpha value is -1.73. The van der Waals surface area contributed by atoms with Gasteiger partial charge in [0.1, 0.15) is 0 Å². The SMILES string of the molecule is CN=C(NCc1ccc(N2CCSCC2)cc1)NCc1sc(C)nc1C. The molecule has 3 rings (SSSR count). The van der Waals surface area contributed by atoms with Crippen LogP contribution >= 0.6 is 23.1 Å². The van der Waals surface area contributed by atoms with Gasteiger partial charge in [0.15, 0.2) is 5.96 Å². The number of nitrogens with one attached hydrogen (secondary N) is 2. The van der Waals surface area contributed by atoms with Gasteiger partial charge in [0.2, 0.25) is 0 Å². The van der Waals surface area contributed by atoms with Crippen molar-refractivity contribution in [3.63, 3.8) is 0 Å². The minimum Gasteiger partial charge on any atom is -0.370 e. The van der Waals surface area contributed by atoms with Gasteiger partial charge in [0, 0.05) is 48.8 Å². The number of benzene rings is 1. The first-order valence-electron chi connectivity index (χ1n) is 8.95. The van der Waals surface area contributed by atoms with Crippen molar-refractivity contribution in [1.29, 1.82) is 0 Å². The number of nitrogens with zero attached hydrogens (tertiary/aromatic N) is 3. The van der Waals surface area contributed by atoms with E-state index in [1.807, 2.05) is 18.7 Å². The van der Waals surface area contributed by atoms with Crippen LogP contribution in [-0.4, -0.2) is 42.6 Å². The molecule has 0 radical (unpaired) electrons. The number of aromatic nitrogens is 1. The van der Waals surface area contributed by atoms with Crippen LogP contribution in [0.5, 0.6) is 0 Å². The van der Waals surface area contributed by atoms with Gasteiger partial charge in [-0.3, -0.25) is 4.99 Å². The summed E-state index contributed by atoms with van der Waals surface area (Å²) in [6.45, 7) is 7.91. The molecule has 2 heterocycles. The topological polar surface area (TPSA) is 52.6 Å². The second kappa shape index (κ2) is 9.28. The van der Waals surface area contributed by atoms with Crippen molar-refractivity contribution in [3.05, 3.63) is 45.4 Å². The monoisotopic (exact) mass is 389 g/mol. The number of guanidine groups is 1. The van der Waals surface area contributed by atoms with E-state index in [0.29, 0.717) is 0 Å². The van der Waals surface area contributed by atoms with Crippen LogP contribution in [0.25, 0.3) is 0 Å². The molecule has 2 aromatic rings. The summed E-state index contributed by atoms with van der Waals surface area (Å²) in [5.41, 5.74) is 3.68. The lowest BCUT2D eigenvalue weighted by atomic mass is 10.2. The van der Waals surface area contributed by atoms with E-state index in [1.54, 1.807) is 18.4 Å². The summed E-state index contributed by atoms with van der Waals surface area (Å²) in [6, 6.07) is 8.86. The number of hydrogen-bond donors (Lipinski definition) is 2. The average molecular weight is 390 g/mol. The van der Waals surface area contributed by atoms with Crippen LogP contribution in [0, 0.1) is 13.8 Å². The molecule has 1 aliphatic rings. The first kappa shape index (κ1) is 19.0. The maximum Gasteiger partial charge on any atom is 0.191 e. The van der Waals surface area contributed by atoms with Crippen molar-refractivity contribution in [2.24, 2.45) is 4.99 Å². The Bertz CT molecular complexity index is 733. The van der Waals surface area contributed by atoms with Crippen LogP contribution in [0.4, 0.5) is 5.69 Å². The van der Waals surface area contributed by atoms with Gasteiger partial charge in [-0.15, -0.1) is 11.3 Å². The molecule has 1 fully saturated rings. The third-order valence-corrected chi connectivity index (χ3v) is 6.43. The quantitative estimate of drug-likeness (QED) is 0.608. The van der Waals surface area contributed by atoms with E-state index in [2.05, 4.69) is 56.7 Å². The Balaban J connectivity index is 1.49. The maximum absolute atomic E-state index is 4.47. The van der Waals surface area contributed by atoms with Gasteiger partial charge in [-0.2, -0.15) is 11.8 Å². The predicted molar refractivity (Wildman–Crippen MR) is 115 cm³/mol. The molecule has 0 amide bonds. The Morgan fingerprint density at radius 2 is 1.81 bits per heavy atom. The molecule has 2 N–H and O–H groups in total. The summed E-state index contributed by atoms with van der Waals surface area (Å²) in [6.07, 6.45) is 0. The predicted octanol–water partition coefficient (Wildman–Crippen LogP) is 3.18. The number of hydrogen-bond acceptors (Lipinski definition) is 5. The number of thioether (sulfide) groups is 1. The third kappa shape index (κ3) is 5.14. The van der Waals surface area contributed by atoms with Gasteiger partial charge in [-0.05, 0) is 31.5 Å². The number of aliphatic imine (C=N–C) groups is 1. The van der Waals surface area contributed by atoms with Gasteiger partial charge in [-0.1, -0.05) is 12.1 Å². The van der Waals surface area contributed by atoms with Crippen molar-refractivity contribution in [2.45, 2.75) is 26.9 Å². The zero-order chi connectivity index (χ0) is 18.4. The molecule has 1 aromatic heterocycles. The molecule has 0 saturated carbocycles. The lowest BCUT2D eigenvalue weighted by Crippen LogP contribution is -2.36. The van der Waals surface area contributed by atoms with Crippen LogP contribution < -0.4 is 15.5 Å². The van der Waals surface area contributed by atoms with E-state index in [4.69, 9.17) is 0 Å². The molecular formula is C19H27N5S2. The zero-order valence-electron chi connectivity index (χ0n) is 15.7. The molecule has 0 bridgehead atoms. The molecule has 1 saturated heterocycles. The fourth-order valence-corrected chi connectivity index (χ4v) is 4.73. The van der Waals surface area contributed by atoms with Crippen LogP contribution in [0.2, 0.25) is 0 Å². The summed E-state index contributed by atoms with van der Waals surface area (Å²) in [4.78, 5) is 12.5. The highest BCUT2D eigenvalue weighted by atomic mass is 32.2. The van der Waals surface area contributed by atoms with Crippen LogP contribution in [0.1, 0.15) is 21.1 Å². The van der Waals surface area contributed by atoms with E-state index in [-0.39, 0.29) is 0 Å². The normalized spacial score (nSPS) is 15.2. The summed E-state index contributed by atoms with van der Waals surface area (Å²) < 4.78 is 0. The minimum atomic E-state index is 0.753. The van der Waals surface area contributed by atoms with E-state index in [1.165, 1.54) is 27.6 Å². The summed E-state index contributed by atoms with van der Waals surface area (Å²) >= 11 is 3.77. The van der Waals surface area contributed by atoms with Crippen molar-refractivity contribution >= 4 is 34.7 Å². The summed E-state index contributed by atoms with van der Waals surface area (Å²) in [7, 11) is 1.80. The van der Waals surface area contributed by atoms with E-state index < -0.39 is 0 Å². The molecule has 1 aromatic carbocycles. The highest BCUT2D eigenvalue weighted by molar-refractivity contribution is 7.99. The van der Waals surface area contributed by atoms with E-state index >= 15 is 0 Å². The first-order valence-corrected chi connectivity index (χ1v) is 10.9. The Labute approximate surface area is 164 Å². The lowest BCUT2D eigenvalue weighted by Gasteiger charge is -2.28. The third-order valence-electron chi connectivity index (χ3n) is 4.41. The van der Waals surface area contributed by atoms with Gasteiger partial charge in [0.05, 0.1) is 17.2 Å². The van der Waals surface area contributed by atoms with Crippen molar-refractivity contribution in [1.82, 2.24) is 15.6 Å². The number of rotatable bonds is 5. The molecule has 140 valence electrons. The molecule has 7 heteroatoms. The van der Waals surface area contributed by atoms with Gasteiger partial charge >= 0.3 is 0 Å². The van der Waals surface area contributed by atoms with E-state index in [9.17, 15) is 0 Å². The van der Waals surface area contributed by atoms with Crippen molar-refractivity contribution < 1.29 is 0 Å². The lowest BCUT2D eigenvalue weighted by molar-refractivity contribution is 0.810. The average Bonchev–Trinajstić information content (AvgIpc) is 3.00.